The second-order valence-corrected chi connectivity index (χ2v) is 5.95. The van der Waals surface area contributed by atoms with Gasteiger partial charge in [0.15, 0.2) is 0 Å². The van der Waals surface area contributed by atoms with Gasteiger partial charge in [-0.2, -0.15) is 0 Å². The lowest BCUT2D eigenvalue weighted by atomic mass is 10.1. The molecule has 0 N–H and O–H groups in total. The maximum absolute atomic E-state index is 6.16. The van der Waals surface area contributed by atoms with Crippen LogP contribution in [0.1, 0.15) is 30.3 Å². The monoisotopic (exact) mass is 382 g/mol. The van der Waals surface area contributed by atoms with Crippen molar-refractivity contribution in [3.63, 3.8) is 0 Å². The molecule has 2 rings (SSSR count). The predicted octanol–water partition coefficient (Wildman–Crippen LogP) is 5.66. The van der Waals surface area contributed by atoms with Crippen molar-refractivity contribution in [2.45, 2.75) is 19.1 Å². The molecule has 2 atom stereocenters. The quantitative estimate of drug-likeness (QED) is 0.605. The lowest BCUT2D eigenvalue weighted by molar-refractivity contribution is 0.00929. The zero-order chi connectivity index (χ0) is 13.7. The number of hydrogen-bond acceptors (Lipinski definition) is 1. The lowest BCUT2D eigenvalue weighted by Gasteiger charge is -2.21. The first-order chi connectivity index (χ1) is 9.20. The molecule has 0 aliphatic carbocycles. The van der Waals surface area contributed by atoms with E-state index in [4.69, 9.17) is 4.74 Å². The van der Waals surface area contributed by atoms with Crippen molar-refractivity contribution >= 4 is 31.9 Å². The van der Waals surface area contributed by atoms with Crippen LogP contribution >= 0.6 is 31.9 Å². The summed E-state index contributed by atoms with van der Waals surface area (Å²) in [7, 11) is 0. The Morgan fingerprint density at radius 2 is 1.68 bits per heavy atom. The van der Waals surface area contributed by atoms with Crippen molar-refractivity contribution in [3.8, 4) is 0 Å². The van der Waals surface area contributed by atoms with Crippen LogP contribution in [0.4, 0.5) is 0 Å². The summed E-state index contributed by atoms with van der Waals surface area (Å²) in [5.74, 6) is 0. The fourth-order valence-corrected chi connectivity index (χ4v) is 2.90. The molecule has 2 aromatic carbocycles. The topological polar surface area (TPSA) is 9.23 Å². The van der Waals surface area contributed by atoms with Gasteiger partial charge in [0, 0.05) is 9.80 Å². The first kappa shape index (κ1) is 14.8. The van der Waals surface area contributed by atoms with E-state index in [1.54, 1.807) is 0 Å². The molecular formula is C16H16Br2O. The summed E-state index contributed by atoms with van der Waals surface area (Å²) in [6, 6.07) is 18.5. The molecule has 0 spiro atoms. The third-order valence-electron chi connectivity index (χ3n) is 3.00. The zero-order valence-corrected chi connectivity index (χ0v) is 13.9. The molecule has 100 valence electrons. The molecule has 0 saturated heterocycles. The minimum atomic E-state index is 0.0488. The fraction of sp³-hybridized carbons (Fsp3) is 0.250. The molecular weight excluding hydrogens is 368 g/mol. The average Bonchev–Trinajstić information content (AvgIpc) is 2.45. The van der Waals surface area contributed by atoms with Gasteiger partial charge in [-0.1, -0.05) is 74.3 Å². The van der Waals surface area contributed by atoms with E-state index in [0.717, 1.165) is 9.80 Å². The first-order valence-corrected chi connectivity index (χ1v) is 8.14. The van der Waals surface area contributed by atoms with Crippen molar-refractivity contribution in [1.82, 2.24) is 0 Å². The third kappa shape index (κ3) is 4.16. The largest absolute Gasteiger partial charge is 0.365 e. The SMILES string of the molecule is CC(OC(CBr)c1cccc(Br)c1)c1ccccc1. The van der Waals surface area contributed by atoms with Crippen LogP contribution in [0.3, 0.4) is 0 Å². The Kier molecular flexibility index (Phi) is 5.61. The van der Waals surface area contributed by atoms with Gasteiger partial charge < -0.3 is 4.74 Å². The predicted molar refractivity (Wildman–Crippen MR) is 86.6 cm³/mol. The Balaban J connectivity index is 2.11. The van der Waals surface area contributed by atoms with Gasteiger partial charge in [-0.3, -0.25) is 0 Å². The molecule has 0 heterocycles. The van der Waals surface area contributed by atoms with Gasteiger partial charge in [0.05, 0.1) is 12.2 Å². The van der Waals surface area contributed by atoms with Crippen LogP contribution in [0.25, 0.3) is 0 Å². The van der Waals surface area contributed by atoms with E-state index in [1.807, 2.05) is 30.3 Å². The lowest BCUT2D eigenvalue weighted by Crippen LogP contribution is -2.09. The Labute approximate surface area is 131 Å². The van der Waals surface area contributed by atoms with Crippen LogP contribution in [0.5, 0.6) is 0 Å². The van der Waals surface area contributed by atoms with Crippen molar-refractivity contribution in [2.24, 2.45) is 0 Å². The van der Waals surface area contributed by atoms with E-state index in [9.17, 15) is 0 Å². The normalized spacial score (nSPS) is 14.1. The molecule has 2 aromatic rings. The van der Waals surface area contributed by atoms with E-state index in [1.165, 1.54) is 11.1 Å². The van der Waals surface area contributed by atoms with Crippen LogP contribution in [0.15, 0.2) is 59.1 Å². The molecule has 1 nitrogen and oxygen atoms in total. The number of ether oxygens (including phenoxy) is 1. The van der Waals surface area contributed by atoms with Gasteiger partial charge in [-0.25, -0.2) is 0 Å². The molecule has 0 aromatic heterocycles. The maximum Gasteiger partial charge on any atom is 0.0930 e. The van der Waals surface area contributed by atoms with E-state index < -0.39 is 0 Å². The summed E-state index contributed by atoms with van der Waals surface area (Å²) in [6.07, 6.45) is 0.121. The Morgan fingerprint density at radius 3 is 2.32 bits per heavy atom. The van der Waals surface area contributed by atoms with E-state index in [-0.39, 0.29) is 12.2 Å². The Bertz CT molecular complexity index is 513. The summed E-state index contributed by atoms with van der Waals surface area (Å²) >= 11 is 7.04. The molecule has 0 fully saturated rings. The number of rotatable bonds is 5. The second-order valence-electron chi connectivity index (χ2n) is 4.39. The van der Waals surface area contributed by atoms with Gasteiger partial charge in [0.1, 0.15) is 0 Å². The second kappa shape index (κ2) is 7.22. The van der Waals surface area contributed by atoms with E-state index >= 15 is 0 Å². The molecule has 0 radical (unpaired) electrons. The first-order valence-electron chi connectivity index (χ1n) is 6.22. The number of benzene rings is 2. The highest BCUT2D eigenvalue weighted by molar-refractivity contribution is 9.10. The van der Waals surface area contributed by atoms with Crippen LogP contribution < -0.4 is 0 Å². The summed E-state index contributed by atoms with van der Waals surface area (Å²) in [6.45, 7) is 2.09. The molecule has 0 aliphatic rings. The molecule has 0 amide bonds. The van der Waals surface area contributed by atoms with Gasteiger partial charge in [0.2, 0.25) is 0 Å². The van der Waals surface area contributed by atoms with Crippen molar-refractivity contribution in [1.29, 1.82) is 0 Å². The Hall–Kier alpha value is -0.640. The highest BCUT2D eigenvalue weighted by Crippen LogP contribution is 2.29. The number of hydrogen-bond donors (Lipinski definition) is 0. The molecule has 2 unspecified atom stereocenters. The van der Waals surface area contributed by atoms with Gasteiger partial charge in [-0.15, -0.1) is 0 Å². The molecule has 0 bridgehead atoms. The minimum Gasteiger partial charge on any atom is -0.365 e. The highest BCUT2D eigenvalue weighted by atomic mass is 79.9. The third-order valence-corrected chi connectivity index (χ3v) is 4.08. The summed E-state index contributed by atoms with van der Waals surface area (Å²) in [5, 5.41) is 0.778. The molecule has 0 aliphatic heterocycles. The fourth-order valence-electron chi connectivity index (χ4n) is 1.96. The van der Waals surface area contributed by atoms with Gasteiger partial charge in [0.25, 0.3) is 0 Å². The number of alkyl halides is 1. The average molecular weight is 384 g/mol. The Morgan fingerprint density at radius 1 is 1.00 bits per heavy atom. The smallest absolute Gasteiger partial charge is 0.0930 e. The molecule has 3 heteroatoms. The maximum atomic E-state index is 6.16. The van der Waals surface area contributed by atoms with E-state index in [2.05, 4.69) is 63.0 Å². The van der Waals surface area contributed by atoms with Crippen molar-refractivity contribution < 1.29 is 4.74 Å². The van der Waals surface area contributed by atoms with Crippen LogP contribution in [-0.2, 0) is 4.74 Å². The van der Waals surface area contributed by atoms with Crippen LogP contribution in [0, 0.1) is 0 Å². The van der Waals surface area contributed by atoms with Crippen molar-refractivity contribution in [3.05, 3.63) is 70.2 Å². The van der Waals surface area contributed by atoms with Crippen LogP contribution in [0.2, 0.25) is 0 Å². The minimum absolute atomic E-state index is 0.0488. The highest BCUT2D eigenvalue weighted by Gasteiger charge is 2.15. The summed E-state index contributed by atoms with van der Waals surface area (Å²) in [4.78, 5) is 0. The standard InChI is InChI=1S/C16H16Br2O/c1-12(13-6-3-2-4-7-13)19-16(11-17)14-8-5-9-15(18)10-14/h2-10,12,16H,11H2,1H3. The van der Waals surface area contributed by atoms with Gasteiger partial charge >= 0.3 is 0 Å². The number of halogens is 2. The van der Waals surface area contributed by atoms with E-state index in [0.29, 0.717) is 0 Å². The summed E-state index contributed by atoms with van der Waals surface area (Å²) in [5.41, 5.74) is 2.37. The molecule has 0 saturated carbocycles. The molecule has 19 heavy (non-hydrogen) atoms. The zero-order valence-electron chi connectivity index (χ0n) is 10.7. The van der Waals surface area contributed by atoms with Crippen molar-refractivity contribution in [2.75, 3.05) is 5.33 Å². The van der Waals surface area contributed by atoms with Crippen LogP contribution in [-0.4, -0.2) is 5.33 Å². The summed E-state index contributed by atoms with van der Waals surface area (Å²) < 4.78 is 7.23. The van der Waals surface area contributed by atoms with Gasteiger partial charge in [-0.05, 0) is 30.2 Å².